The molecule has 1 aliphatic carbocycles. The van der Waals surface area contributed by atoms with Crippen LogP contribution in [0.15, 0.2) is 0 Å². The van der Waals surface area contributed by atoms with Crippen molar-refractivity contribution in [3.05, 3.63) is 0 Å². The van der Waals surface area contributed by atoms with E-state index in [1.165, 1.54) is 19.3 Å². The fourth-order valence-corrected chi connectivity index (χ4v) is 2.94. The van der Waals surface area contributed by atoms with Crippen LogP contribution in [0.5, 0.6) is 0 Å². The van der Waals surface area contributed by atoms with Gasteiger partial charge < -0.3 is 15.2 Å². The van der Waals surface area contributed by atoms with E-state index in [2.05, 4.69) is 26.1 Å². The summed E-state index contributed by atoms with van der Waals surface area (Å²) in [5, 5.41) is 13.3. The summed E-state index contributed by atoms with van der Waals surface area (Å²) >= 11 is 0. The van der Waals surface area contributed by atoms with Gasteiger partial charge in [-0.3, -0.25) is 0 Å². The van der Waals surface area contributed by atoms with Gasteiger partial charge in [0.1, 0.15) is 0 Å². The zero-order valence-electron chi connectivity index (χ0n) is 12.3. The van der Waals surface area contributed by atoms with Crippen molar-refractivity contribution in [1.29, 1.82) is 0 Å². The predicted octanol–water partition coefficient (Wildman–Crippen LogP) is 2.58. The maximum absolute atomic E-state index is 9.82. The van der Waals surface area contributed by atoms with Crippen LogP contribution < -0.4 is 5.32 Å². The van der Waals surface area contributed by atoms with Crippen LogP contribution >= 0.6 is 0 Å². The molecule has 3 heteroatoms. The highest BCUT2D eigenvalue weighted by atomic mass is 16.5. The van der Waals surface area contributed by atoms with E-state index < -0.39 is 0 Å². The number of hydrogen-bond acceptors (Lipinski definition) is 3. The van der Waals surface area contributed by atoms with Gasteiger partial charge in [0.05, 0.1) is 12.7 Å². The number of ether oxygens (including phenoxy) is 1. The van der Waals surface area contributed by atoms with Crippen LogP contribution in [0.1, 0.15) is 52.9 Å². The lowest BCUT2D eigenvalue weighted by molar-refractivity contribution is 0.0329. The van der Waals surface area contributed by atoms with E-state index in [1.807, 2.05) is 0 Å². The van der Waals surface area contributed by atoms with Gasteiger partial charge in [0.25, 0.3) is 0 Å². The van der Waals surface area contributed by atoms with Gasteiger partial charge in [0.15, 0.2) is 0 Å². The Hall–Kier alpha value is -0.120. The molecule has 3 atom stereocenters. The molecule has 3 nitrogen and oxygen atoms in total. The minimum absolute atomic E-state index is 0.366. The van der Waals surface area contributed by atoms with Crippen molar-refractivity contribution >= 4 is 0 Å². The van der Waals surface area contributed by atoms with Crippen LogP contribution in [-0.4, -0.2) is 37.0 Å². The van der Waals surface area contributed by atoms with Crippen molar-refractivity contribution in [1.82, 2.24) is 5.32 Å². The first-order valence-electron chi connectivity index (χ1n) is 7.61. The monoisotopic (exact) mass is 257 g/mol. The maximum Gasteiger partial charge on any atom is 0.0897 e. The Bertz CT molecular complexity index is 201. The first-order valence-corrected chi connectivity index (χ1v) is 7.61. The normalized spacial score (nSPS) is 30.3. The highest BCUT2D eigenvalue weighted by molar-refractivity contribution is 4.80. The van der Waals surface area contributed by atoms with E-state index >= 15 is 0 Å². The van der Waals surface area contributed by atoms with E-state index in [-0.39, 0.29) is 6.10 Å². The molecule has 0 heterocycles. The fourth-order valence-electron chi connectivity index (χ4n) is 2.94. The van der Waals surface area contributed by atoms with Crippen LogP contribution in [0.4, 0.5) is 0 Å². The molecule has 3 unspecified atom stereocenters. The number of hydrogen-bond donors (Lipinski definition) is 2. The Balaban J connectivity index is 2.08. The molecule has 0 amide bonds. The van der Waals surface area contributed by atoms with Crippen molar-refractivity contribution in [2.45, 2.75) is 65.0 Å². The first kappa shape index (κ1) is 15.9. The average Bonchev–Trinajstić information content (AvgIpc) is 2.31. The molecule has 0 bridgehead atoms. The van der Waals surface area contributed by atoms with Gasteiger partial charge >= 0.3 is 0 Å². The number of aliphatic hydroxyl groups is 1. The van der Waals surface area contributed by atoms with Gasteiger partial charge in [-0.25, -0.2) is 0 Å². The molecule has 1 rings (SSSR count). The summed E-state index contributed by atoms with van der Waals surface area (Å²) in [7, 11) is 0. The highest BCUT2D eigenvalue weighted by Crippen LogP contribution is 2.28. The van der Waals surface area contributed by atoms with Crippen LogP contribution in [0.2, 0.25) is 0 Å². The number of rotatable bonds is 8. The van der Waals surface area contributed by atoms with Gasteiger partial charge in [-0.05, 0) is 37.5 Å². The third-order valence-corrected chi connectivity index (χ3v) is 3.77. The van der Waals surface area contributed by atoms with Crippen LogP contribution in [0.3, 0.4) is 0 Å². The molecule has 0 spiro atoms. The number of aliphatic hydroxyl groups excluding tert-OH is 1. The number of nitrogens with one attached hydrogen (secondary N) is 1. The highest BCUT2D eigenvalue weighted by Gasteiger charge is 2.23. The van der Waals surface area contributed by atoms with Crippen molar-refractivity contribution in [3.63, 3.8) is 0 Å². The first-order chi connectivity index (χ1) is 8.61. The minimum atomic E-state index is -0.366. The average molecular weight is 257 g/mol. The lowest BCUT2D eigenvalue weighted by atomic mass is 9.80. The summed E-state index contributed by atoms with van der Waals surface area (Å²) in [6, 6.07) is 0.578. The molecule has 1 fully saturated rings. The lowest BCUT2D eigenvalue weighted by Gasteiger charge is -2.32. The van der Waals surface area contributed by atoms with Crippen molar-refractivity contribution < 1.29 is 9.84 Å². The summed E-state index contributed by atoms with van der Waals surface area (Å²) in [6.45, 7) is 8.70. The third-order valence-electron chi connectivity index (χ3n) is 3.77. The summed E-state index contributed by atoms with van der Waals surface area (Å²) in [4.78, 5) is 0. The predicted molar refractivity (Wildman–Crippen MR) is 75.7 cm³/mol. The largest absolute Gasteiger partial charge is 0.389 e. The van der Waals surface area contributed by atoms with Crippen molar-refractivity contribution in [2.24, 2.45) is 11.8 Å². The molecule has 0 aromatic carbocycles. The Morgan fingerprint density at radius 2 is 1.89 bits per heavy atom. The molecule has 108 valence electrons. The zero-order valence-corrected chi connectivity index (χ0v) is 12.3. The van der Waals surface area contributed by atoms with Gasteiger partial charge in [0, 0.05) is 19.2 Å². The Morgan fingerprint density at radius 3 is 2.50 bits per heavy atom. The summed E-state index contributed by atoms with van der Waals surface area (Å²) in [6.07, 6.45) is 5.70. The molecule has 2 N–H and O–H groups in total. The van der Waals surface area contributed by atoms with Crippen LogP contribution in [0, 0.1) is 11.8 Å². The van der Waals surface area contributed by atoms with Gasteiger partial charge in [-0.1, -0.05) is 27.2 Å². The minimum Gasteiger partial charge on any atom is -0.389 e. The topological polar surface area (TPSA) is 41.5 Å². The van der Waals surface area contributed by atoms with E-state index in [4.69, 9.17) is 4.74 Å². The van der Waals surface area contributed by atoms with Crippen molar-refractivity contribution in [3.8, 4) is 0 Å². The maximum atomic E-state index is 9.82. The molecule has 1 saturated carbocycles. The zero-order chi connectivity index (χ0) is 13.4. The molecule has 0 aromatic rings. The van der Waals surface area contributed by atoms with E-state index in [1.54, 1.807) is 0 Å². The van der Waals surface area contributed by atoms with E-state index in [0.717, 1.165) is 31.3 Å². The Kier molecular flexibility index (Phi) is 7.87. The second-order valence-electron chi connectivity index (χ2n) is 6.10. The van der Waals surface area contributed by atoms with Gasteiger partial charge in [-0.2, -0.15) is 0 Å². The quantitative estimate of drug-likeness (QED) is 0.657. The number of unbranched alkanes of at least 4 members (excludes halogenated alkanes) is 1. The fraction of sp³-hybridized carbons (Fsp3) is 1.00. The SMILES string of the molecule is CCCCOCC(O)CNC1CC(C)CC(C)C1. The molecular weight excluding hydrogens is 226 g/mol. The summed E-state index contributed by atoms with van der Waals surface area (Å²) in [5.41, 5.74) is 0. The summed E-state index contributed by atoms with van der Waals surface area (Å²) < 4.78 is 5.43. The molecule has 0 aromatic heterocycles. The molecule has 1 aliphatic rings. The standard InChI is InChI=1S/C15H31NO2/c1-4-5-6-18-11-15(17)10-16-14-8-12(2)7-13(3)9-14/h12-17H,4-11H2,1-3H3. The molecule has 0 aliphatic heterocycles. The van der Waals surface area contributed by atoms with Gasteiger partial charge in [0.2, 0.25) is 0 Å². The lowest BCUT2D eigenvalue weighted by Crippen LogP contribution is -2.41. The third kappa shape index (κ3) is 6.72. The van der Waals surface area contributed by atoms with Crippen LogP contribution in [-0.2, 0) is 4.74 Å². The molecule has 18 heavy (non-hydrogen) atoms. The smallest absolute Gasteiger partial charge is 0.0897 e. The molecular formula is C15H31NO2. The van der Waals surface area contributed by atoms with E-state index in [9.17, 15) is 5.11 Å². The van der Waals surface area contributed by atoms with Gasteiger partial charge in [-0.15, -0.1) is 0 Å². The van der Waals surface area contributed by atoms with Crippen LogP contribution in [0.25, 0.3) is 0 Å². The Morgan fingerprint density at radius 1 is 1.22 bits per heavy atom. The second kappa shape index (κ2) is 8.89. The molecule has 0 radical (unpaired) electrons. The summed E-state index contributed by atoms with van der Waals surface area (Å²) in [5.74, 6) is 1.62. The Labute approximate surface area is 112 Å². The molecule has 0 saturated heterocycles. The van der Waals surface area contributed by atoms with Crippen molar-refractivity contribution in [2.75, 3.05) is 19.8 Å². The second-order valence-corrected chi connectivity index (χ2v) is 6.10. The van der Waals surface area contributed by atoms with E-state index in [0.29, 0.717) is 19.2 Å².